The minimum Gasteiger partial charge on any atom is -0.477 e. The van der Waals surface area contributed by atoms with Gasteiger partial charge in [0.15, 0.2) is 5.13 Å². The molecule has 194 valence electrons. The van der Waals surface area contributed by atoms with Crippen molar-refractivity contribution in [2.75, 3.05) is 58.1 Å². The van der Waals surface area contributed by atoms with Crippen LogP contribution < -0.4 is 16.4 Å². The van der Waals surface area contributed by atoms with Crippen molar-refractivity contribution in [3.05, 3.63) is 29.2 Å². The minimum atomic E-state index is -1.29. The molecule has 16 heteroatoms. The summed E-state index contributed by atoms with van der Waals surface area (Å²) in [4.78, 5) is 47.2. The van der Waals surface area contributed by atoms with E-state index in [0.29, 0.717) is 11.3 Å². The van der Waals surface area contributed by atoms with Crippen molar-refractivity contribution in [3.8, 4) is 0 Å². The molecule has 0 spiro atoms. The molecule has 2 fully saturated rings. The molecule has 13 nitrogen and oxygen atoms in total. The first-order valence-electron chi connectivity index (χ1n) is 11.0. The molecule has 0 aromatic carbocycles. The number of hydrogen-bond donors (Lipinski definition) is 4. The number of aliphatic carboxylic acids is 1. The van der Waals surface area contributed by atoms with Crippen LogP contribution in [0, 0.1) is 0 Å². The van der Waals surface area contributed by atoms with Gasteiger partial charge in [-0.3, -0.25) is 14.5 Å². The van der Waals surface area contributed by atoms with Crippen LogP contribution in [0.25, 0.3) is 0 Å². The number of nitrogens with one attached hydrogen (secondary N) is 2. The van der Waals surface area contributed by atoms with E-state index in [1.54, 1.807) is 6.08 Å². The van der Waals surface area contributed by atoms with E-state index < -0.39 is 41.8 Å². The third-order valence-electron chi connectivity index (χ3n) is 6.08. The van der Waals surface area contributed by atoms with Crippen LogP contribution in [-0.2, 0) is 19.2 Å². The molecular formula is C20H26FN8O5S2+. The number of fused-ring (bicyclic) bond motifs is 1. The summed E-state index contributed by atoms with van der Waals surface area (Å²) in [6, 6.07) is -1.01. The zero-order valence-corrected chi connectivity index (χ0v) is 21.0. The molecule has 3 aliphatic heterocycles. The predicted octanol–water partition coefficient (Wildman–Crippen LogP) is -0.887. The fourth-order valence-corrected chi connectivity index (χ4v) is 5.90. The average molecular weight is 542 g/mol. The molecule has 1 aromatic heterocycles. The number of hydrogen-bond acceptors (Lipinski definition) is 11. The summed E-state index contributed by atoms with van der Waals surface area (Å²) < 4.78 is 17.2. The number of likely N-dealkylation sites (N-methyl/N-ethyl adjacent to an activating group) is 1. The summed E-state index contributed by atoms with van der Waals surface area (Å²) in [5, 5.41) is 18.5. The van der Waals surface area contributed by atoms with Crippen molar-refractivity contribution in [1.82, 2.24) is 24.9 Å². The summed E-state index contributed by atoms with van der Waals surface area (Å²) in [5.41, 5.74) is 5.53. The maximum Gasteiger partial charge on any atom is 0.352 e. The molecule has 0 unspecified atom stereocenters. The van der Waals surface area contributed by atoms with Crippen LogP contribution in [0.5, 0.6) is 0 Å². The van der Waals surface area contributed by atoms with Gasteiger partial charge in [-0.25, -0.2) is 9.18 Å². The number of quaternary nitrogens is 1. The predicted molar refractivity (Wildman–Crippen MR) is 130 cm³/mol. The lowest BCUT2D eigenvalue weighted by atomic mass is 10.0. The number of carboxylic acids is 1. The number of carbonyl (C=O) groups excluding carboxylic acids is 2. The maximum absolute atomic E-state index is 12.9. The van der Waals surface area contributed by atoms with Gasteiger partial charge < -0.3 is 30.8 Å². The van der Waals surface area contributed by atoms with Crippen molar-refractivity contribution in [2.24, 2.45) is 5.16 Å². The van der Waals surface area contributed by atoms with Gasteiger partial charge in [-0.15, -0.1) is 11.8 Å². The number of halogens is 1. The summed E-state index contributed by atoms with van der Waals surface area (Å²) >= 11 is 2.14. The topological polar surface area (TPSA) is 172 Å². The number of carboxylic acid groups (broad SMARTS) is 1. The number of nitrogens with two attached hydrogens (primary N) is 1. The molecule has 2 saturated heterocycles. The van der Waals surface area contributed by atoms with Crippen molar-refractivity contribution in [1.29, 1.82) is 0 Å². The van der Waals surface area contributed by atoms with Crippen molar-refractivity contribution >= 4 is 51.9 Å². The number of alkyl halides is 1. The smallest absolute Gasteiger partial charge is 0.352 e. The largest absolute Gasteiger partial charge is 0.477 e. The highest BCUT2D eigenvalue weighted by Gasteiger charge is 2.54. The fourth-order valence-electron chi connectivity index (χ4n) is 4.15. The van der Waals surface area contributed by atoms with Crippen LogP contribution in [0.1, 0.15) is 5.82 Å². The highest BCUT2D eigenvalue weighted by atomic mass is 32.2. The number of allylic oxidation sites excluding steroid dienone is 1. The standard InChI is InChI=1S/C20H25FN8O5S2/c1-29(7-4-23-5-8-29)6-2-3-11-9-35-18-13(17(31)28(18)14(11)19(32)33)24-16(30)12(26-34-10-21)15-25-20(22)36-27-15/h2-3,13,18,23H,4-10H2,1H3,(H3-,22,24,25,27,30,32,33)/p+1/b3-2+,26-12-/t13-,18+/m1/s1. The van der Waals surface area contributed by atoms with Gasteiger partial charge in [0.25, 0.3) is 18.7 Å². The van der Waals surface area contributed by atoms with E-state index >= 15 is 0 Å². The lowest BCUT2D eigenvalue weighted by molar-refractivity contribution is -0.905. The van der Waals surface area contributed by atoms with E-state index in [-0.39, 0.29) is 16.7 Å². The van der Waals surface area contributed by atoms with Gasteiger partial charge in [-0.1, -0.05) is 11.2 Å². The Kier molecular flexibility index (Phi) is 7.87. The third-order valence-corrected chi connectivity index (χ3v) is 7.93. The number of aromatic nitrogens is 2. The van der Waals surface area contributed by atoms with Gasteiger partial charge >= 0.3 is 5.97 Å². The molecule has 0 saturated carbocycles. The Balaban J connectivity index is 1.47. The number of β-lactam (4-membered cyclic amide) rings is 1. The highest BCUT2D eigenvalue weighted by molar-refractivity contribution is 8.00. The number of anilines is 1. The molecule has 3 aliphatic rings. The lowest BCUT2D eigenvalue weighted by Gasteiger charge is -2.49. The van der Waals surface area contributed by atoms with Crippen LogP contribution >= 0.6 is 23.3 Å². The number of piperazine rings is 1. The average Bonchev–Trinajstić information content (AvgIpc) is 3.28. The molecule has 4 heterocycles. The highest BCUT2D eigenvalue weighted by Crippen LogP contribution is 2.40. The quantitative estimate of drug-likeness (QED) is 0.133. The minimum absolute atomic E-state index is 0.0595. The first kappa shape index (κ1) is 26.0. The molecule has 2 amide bonds. The van der Waals surface area contributed by atoms with Crippen molar-refractivity contribution < 1.29 is 33.2 Å². The summed E-state index contributed by atoms with van der Waals surface area (Å²) in [5.74, 6) is -2.51. The Bertz CT molecular complexity index is 1130. The molecular weight excluding hydrogens is 515 g/mol. The molecule has 1 aromatic rings. The number of oxime groups is 1. The Hall–Kier alpha value is -3.08. The van der Waals surface area contributed by atoms with Crippen molar-refractivity contribution in [2.45, 2.75) is 11.4 Å². The van der Waals surface area contributed by atoms with E-state index in [2.05, 4.69) is 37.0 Å². The van der Waals surface area contributed by atoms with E-state index in [1.807, 2.05) is 6.08 Å². The van der Waals surface area contributed by atoms with E-state index in [9.17, 15) is 23.9 Å². The first-order chi connectivity index (χ1) is 17.2. The third kappa shape index (κ3) is 5.35. The number of thioether (sulfide) groups is 1. The molecule has 5 N–H and O–H groups in total. The molecule has 0 radical (unpaired) electrons. The van der Waals surface area contributed by atoms with Gasteiger partial charge in [0, 0.05) is 30.4 Å². The second kappa shape index (κ2) is 10.9. The molecule has 0 aliphatic carbocycles. The van der Waals surface area contributed by atoms with Gasteiger partial charge in [-0.2, -0.15) is 9.36 Å². The number of nitrogens with zero attached hydrogens (tertiary/aromatic N) is 5. The zero-order valence-electron chi connectivity index (χ0n) is 19.3. The Morgan fingerprint density at radius 2 is 2.19 bits per heavy atom. The second-order valence-corrected chi connectivity index (χ2v) is 10.5. The maximum atomic E-state index is 12.9. The fraction of sp³-hybridized carbons (Fsp3) is 0.500. The first-order valence-corrected chi connectivity index (χ1v) is 12.8. The van der Waals surface area contributed by atoms with Gasteiger partial charge in [0.1, 0.15) is 17.1 Å². The lowest BCUT2D eigenvalue weighted by Crippen LogP contribution is -2.71. The number of amides is 2. The summed E-state index contributed by atoms with van der Waals surface area (Å²) in [6.07, 6.45) is 3.73. The molecule has 4 rings (SSSR count). The van der Waals surface area contributed by atoms with Crippen LogP contribution in [0.4, 0.5) is 9.52 Å². The molecule has 0 bridgehead atoms. The Labute approximate surface area is 214 Å². The van der Waals surface area contributed by atoms with Gasteiger partial charge in [-0.05, 0) is 11.6 Å². The van der Waals surface area contributed by atoms with Crippen LogP contribution in [0.3, 0.4) is 0 Å². The number of carbonyl (C=O) groups is 3. The SMILES string of the molecule is C[N+]1(C/C=C/C2=C(C(=O)O)N3C(=O)[C@@H](NC(=O)/C(=N\OCF)c4nsc(N)n4)[C@@H]3SC2)CCNCC1. The second-order valence-electron chi connectivity index (χ2n) is 8.58. The summed E-state index contributed by atoms with van der Waals surface area (Å²) in [6.45, 7) is 3.27. The molecule has 36 heavy (non-hydrogen) atoms. The number of rotatable bonds is 9. The molecule has 2 atom stereocenters. The van der Waals surface area contributed by atoms with Crippen LogP contribution in [0.15, 0.2) is 28.6 Å². The van der Waals surface area contributed by atoms with Crippen LogP contribution in [0.2, 0.25) is 0 Å². The van der Waals surface area contributed by atoms with E-state index in [0.717, 1.165) is 48.7 Å². The van der Waals surface area contributed by atoms with Gasteiger partial charge in [0.05, 0.1) is 26.7 Å². The summed E-state index contributed by atoms with van der Waals surface area (Å²) in [7, 11) is 2.15. The monoisotopic (exact) mass is 541 g/mol. The van der Waals surface area contributed by atoms with E-state index in [1.165, 1.54) is 16.7 Å². The van der Waals surface area contributed by atoms with Crippen LogP contribution in [-0.4, -0.2) is 111 Å². The van der Waals surface area contributed by atoms with Crippen molar-refractivity contribution in [3.63, 3.8) is 0 Å². The van der Waals surface area contributed by atoms with Gasteiger partial charge in [0.2, 0.25) is 11.5 Å². The Morgan fingerprint density at radius 3 is 2.83 bits per heavy atom. The van der Waals surface area contributed by atoms with E-state index in [4.69, 9.17) is 5.73 Å². The zero-order chi connectivity index (χ0) is 25.9. The number of nitrogen functional groups attached to an aromatic ring is 1. The Morgan fingerprint density at radius 1 is 1.44 bits per heavy atom. The normalized spacial score (nSPS) is 23.9.